The van der Waals surface area contributed by atoms with Gasteiger partial charge in [-0.3, -0.25) is 4.79 Å². The van der Waals surface area contributed by atoms with Gasteiger partial charge in [-0.15, -0.1) is 0 Å². The van der Waals surface area contributed by atoms with E-state index >= 15 is 0 Å². The first-order valence-electron chi connectivity index (χ1n) is 7.11. The molecule has 0 spiro atoms. The van der Waals surface area contributed by atoms with Crippen LogP contribution in [-0.2, 0) is 16.0 Å². The Morgan fingerprint density at radius 1 is 1.24 bits per heavy atom. The van der Waals surface area contributed by atoms with Crippen LogP contribution in [-0.4, -0.2) is 18.2 Å². The number of aryl methyl sites for hydroxylation is 2. The smallest absolute Gasteiger partial charge is 0.313 e. The van der Waals surface area contributed by atoms with Crippen molar-refractivity contribution in [1.82, 2.24) is 0 Å². The molecule has 0 aliphatic heterocycles. The Morgan fingerprint density at radius 3 is 2.62 bits per heavy atom. The van der Waals surface area contributed by atoms with Crippen molar-refractivity contribution in [3.8, 4) is 16.9 Å². The summed E-state index contributed by atoms with van der Waals surface area (Å²) in [7, 11) is 1.40. The number of phenolic OH excluding ortho intramolecular Hbond substituents is 1. The van der Waals surface area contributed by atoms with E-state index < -0.39 is 0 Å². The number of hydrogen-bond donors (Lipinski definition) is 1. The number of aromatic hydroxyl groups is 1. The molecule has 0 amide bonds. The first-order valence-corrected chi connectivity index (χ1v) is 7.11. The summed E-state index contributed by atoms with van der Waals surface area (Å²) in [6, 6.07) is 11.8. The summed E-state index contributed by atoms with van der Waals surface area (Å²) < 4.78 is 4.84. The summed E-state index contributed by atoms with van der Waals surface area (Å²) in [5.41, 5.74) is 5.01. The SMILES string of the molecule is COC(=O)C1CCc2cc(-c3ccc(C)cc3)c(O)cc21. The molecule has 0 saturated carbocycles. The van der Waals surface area contributed by atoms with Crippen LogP contribution in [0.4, 0.5) is 0 Å². The molecule has 21 heavy (non-hydrogen) atoms. The largest absolute Gasteiger partial charge is 0.507 e. The van der Waals surface area contributed by atoms with E-state index in [0.29, 0.717) is 0 Å². The van der Waals surface area contributed by atoms with Crippen LogP contribution in [0, 0.1) is 6.92 Å². The Balaban J connectivity index is 2.03. The quantitative estimate of drug-likeness (QED) is 0.856. The summed E-state index contributed by atoms with van der Waals surface area (Å²) in [4.78, 5) is 11.8. The topological polar surface area (TPSA) is 46.5 Å². The van der Waals surface area contributed by atoms with Gasteiger partial charge >= 0.3 is 5.97 Å². The molecular weight excluding hydrogens is 264 g/mol. The monoisotopic (exact) mass is 282 g/mol. The minimum absolute atomic E-state index is 0.216. The second kappa shape index (κ2) is 5.24. The number of esters is 1. The summed E-state index contributed by atoms with van der Waals surface area (Å²) in [6.45, 7) is 2.04. The second-order valence-electron chi connectivity index (χ2n) is 5.55. The van der Waals surface area contributed by atoms with Crippen molar-refractivity contribution >= 4 is 5.97 Å². The summed E-state index contributed by atoms with van der Waals surface area (Å²) in [5, 5.41) is 10.3. The molecule has 0 radical (unpaired) electrons. The van der Waals surface area contributed by atoms with Gasteiger partial charge in [0.2, 0.25) is 0 Å². The van der Waals surface area contributed by atoms with Crippen LogP contribution < -0.4 is 0 Å². The zero-order valence-electron chi connectivity index (χ0n) is 12.2. The summed E-state index contributed by atoms with van der Waals surface area (Å²) in [5.74, 6) is -0.257. The number of fused-ring (bicyclic) bond motifs is 1. The maximum atomic E-state index is 11.8. The number of carbonyl (C=O) groups excluding carboxylic acids is 1. The van der Waals surface area contributed by atoms with E-state index in [-0.39, 0.29) is 17.6 Å². The third-order valence-corrected chi connectivity index (χ3v) is 4.18. The summed E-state index contributed by atoms with van der Waals surface area (Å²) in [6.07, 6.45) is 1.59. The van der Waals surface area contributed by atoms with Crippen molar-refractivity contribution in [2.75, 3.05) is 7.11 Å². The normalized spacial score (nSPS) is 16.6. The van der Waals surface area contributed by atoms with Crippen molar-refractivity contribution < 1.29 is 14.6 Å². The molecule has 1 unspecified atom stereocenters. The van der Waals surface area contributed by atoms with E-state index in [9.17, 15) is 9.90 Å². The van der Waals surface area contributed by atoms with Crippen molar-refractivity contribution in [3.63, 3.8) is 0 Å². The molecule has 0 heterocycles. The highest BCUT2D eigenvalue weighted by Crippen LogP contribution is 2.40. The molecule has 0 fully saturated rings. The van der Waals surface area contributed by atoms with E-state index in [2.05, 4.69) is 0 Å². The Bertz CT molecular complexity index is 686. The van der Waals surface area contributed by atoms with Crippen LogP contribution in [0.2, 0.25) is 0 Å². The second-order valence-corrected chi connectivity index (χ2v) is 5.55. The van der Waals surface area contributed by atoms with E-state index in [1.54, 1.807) is 6.07 Å². The van der Waals surface area contributed by atoms with Gasteiger partial charge in [-0.05, 0) is 48.6 Å². The molecule has 1 aliphatic carbocycles. The molecule has 2 aromatic rings. The fourth-order valence-electron chi connectivity index (χ4n) is 3.00. The maximum Gasteiger partial charge on any atom is 0.313 e. The van der Waals surface area contributed by atoms with Gasteiger partial charge in [0, 0.05) is 5.56 Å². The average Bonchev–Trinajstić information content (AvgIpc) is 2.89. The van der Waals surface area contributed by atoms with Crippen LogP contribution in [0.25, 0.3) is 11.1 Å². The molecule has 0 saturated heterocycles. The first-order chi connectivity index (χ1) is 10.1. The Hall–Kier alpha value is -2.29. The van der Waals surface area contributed by atoms with E-state index in [4.69, 9.17) is 4.74 Å². The molecule has 3 heteroatoms. The number of rotatable bonds is 2. The lowest BCUT2D eigenvalue weighted by molar-refractivity contribution is -0.142. The fourth-order valence-corrected chi connectivity index (χ4v) is 3.00. The lowest BCUT2D eigenvalue weighted by Gasteiger charge is -2.12. The fraction of sp³-hybridized carbons (Fsp3) is 0.278. The molecule has 1 aliphatic rings. The molecule has 2 aromatic carbocycles. The minimum atomic E-state index is -0.247. The summed E-state index contributed by atoms with van der Waals surface area (Å²) >= 11 is 0. The number of hydrogen-bond acceptors (Lipinski definition) is 3. The van der Waals surface area contributed by atoms with Gasteiger partial charge < -0.3 is 9.84 Å². The molecule has 0 aromatic heterocycles. The van der Waals surface area contributed by atoms with Gasteiger partial charge in [0.1, 0.15) is 5.75 Å². The molecule has 0 bridgehead atoms. The van der Waals surface area contributed by atoms with Gasteiger partial charge in [0.05, 0.1) is 13.0 Å². The zero-order chi connectivity index (χ0) is 15.0. The predicted molar refractivity (Wildman–Crippen MR) is 81.4 cm³/mol. The van der Waals surface area contributed by atoms with Gasteiger partial charge in [-0.1, -0.05) is 29.8 Å². The highest BCUT2D eigenvalue weighted by atomic mass is 16.5. The number of methoxy groups -OCH3 is 1. The Kier molecular flexibility index (Phi) is 3.42. The average molecular weight is 282 g/mol. The predicted octanol–water partition coefficient (Wildman–Crippen LogP) is 3.57. The van der Waals surface area contributed by atoms with Gasteiger partial charge in [-0.25, -0.2) is 0 Å². The molecule has 1 atom stereocenters. The minimum Gasteiger partial charge on any atom is -0.507 e. The lowest BCUT2D eigenvalue weighted by Crippen LogP contribution is -2.11. The number of ether oxygens (including phenoxy) is 1. The molecule has 108 valence electrons. The van der Waals surface area contributed by atoms with Crippen molar-refractivity contribution in [3.05, 3.63) is 53.1 Å². The van der Waals surface area contributed by atoms with E-state index in [1.807, 2.05) is 37.3 Å². The zero-order valence-corrected chi connectivity index (χ0v) is 12.2. The van der Waals surface area contributed by atoms with Gasteiger partial charge in [0.25, 0.3) is 0 Å². The highest BCUT2D eigenvalue weighted by Gasteiger charge is 2.30. The Morgan fingerprint density at radius 2 is 1.95 bits per heavy atom. The van der Waals surface area contributed by atoms with Crippen LogP contribution in [0.1, 0.15) is 29.0 Å². The van der Waals surface area contributed by atoms with Crippen LogP contribution in [0.15, 0.2) is 36.4 Å². The first kappa shape index (κ1) is 13.7. The lowest BCUT2D eigenvalue weighted by atomic mass is 9.96. The third-order valence-electron chi connectivity index (χ3n) is 4.18. The molecule has 1 N–H and O–H groups in total. The van der Waals surface area contributed by atoms with Gasteiger partial charge in [0.15, 0.2) is 0 Å². The highest BCUT2D eigenvalue weighted by molar-refractivity contribution is 5.82. The molecular formula is C18H18O3. The van der Waals surface area contributed by atoms with Crippen LogP contribution >= 0.6 is 0 Å². The molecule has 3 rings (SSSR count). The van der Waals surface area contributed by atoms with Crippen LogP contribution in [0.3, 0.4) is 0 Å². The van der Waals surface area contributed by atoms with E-state index in [1.165, 1.54) is 12.7 Å². The van der Waals surface area contributed by atoms with Crippen molar-refractivity contribution in [2.45, 2.75) is 25.7 Å². The van der Waals surface area contributed by atoms with Crippen molar-refractivity contribution in [1.29, 1.82) is 0 Å². The number of phenols is 1. The maximum absolute atomic E-state index is 11.8. The van der Waals surface area contributed by atoms with Gasteiger partial charge in [-0.2, -0.15) is 0 Å². The number of benzene rings is 2. The Labute approximate surface area is 124 Å². The van der Waals surface area contributed by atoms with Crippen LogP contribution in [0.5, 0.6) is 5.75 Å². The number of carbonyl (C=O) groups is 1. The molecule has 3 nitrogen and oxygen atoms in total. The standard InChI is InChI=1S/C18H18O3/c1-11-3-5-12(6-4-11)16-9-13-7-8-14(18(20)21-2)15(13)10-17(16)19/h3-6,9-10,14,19H,7-8H2,1-2H3. The van der Waals surface area contributed by atoms with Crippen molar-refractivity contribution in [2.24, 2.45) is 0 Å². The van der Waals surface area contributed by atoms with E-state index in [0.717, 1.165) is 35.1 Å². The third kappa shape index (κ3) is 2.40.